The Morgan fingerprint density at radius 2 is 1.90 bits per heavy atom. The first-order valence-corrected chi connectivity index (χ1v) is 6.99. The lowest BCUT2D eigenvalue weighted by atomic mass is 10.1. The van der Waals surface area contributed by atoms with Crippen LogP contribution in [0.25, 0.3) is 0 Å². The van der Waals surface area contributed by atoms with Crippen molar-refractivity contribution >= 4 is 21.8 Å². The zero-order chi connectivity index (χ0) is 16.3. The molecular weight excluding hydrogens is 302 g/mol. The summed E-state index contributed by atoms with van der Waals surface area (Å²) in [5.41, 5.74) is -2.16. The number of nitrogens with zero attached hydrogens (tertiary/aromatic N) is 1. The molecule has 0 spiro atoms. The van der Waals surface area contributed by atoms with Crippen LogP contribution in [0.2, 0.25) is 0 Å². The summed E-state index contributed by atoms with van der Waals surface area (Å²) in [4.78, 5) is 21.1. The number of non-ortho nitro benzene ring substituents is 1. The largest absolute Gasteiger partial charge is 0.467 e. The molecule has 0 saturated carbocycles. The number of methoxy groups -OCH3 is 1. The monoisotopic (exact) mass is 315 g/mol. The first-order chi connectivity index (χ1) is 9.66. The second kappa shape index (κ2) is 6.02. The summed E-state index contributed by atoms with van der Waals surface area (Å²) in [6, 6.07) is 4.04. The second-order valence-corrected chi connectivity index (χ2v) is 5.64. The van der Waals surface area contributed by atoms with E-state index in [1.54, 1.807) is 0 Å². The highest BCUT2D eigenvalue weighted by molar-refractivity contribution is 7.86. The third kappa shape index (κ3) is 3.64. The fourth-order valence-corrected chi connectivity index (χ4v) is 2.52. The summed E-state index contributed by atoms with van der Waals surface area (Å²) < 4.78 is 33.4. The summed E-state index contributed by atoms with van der Waals surface area (Å²) >= 11 is 0. The van der Waals surface area contributed by atoms with Crippen LogP contribution < -0.4 is 0 Å². The Hall–Kier alpha value is -2.26. The molecule has 0 amide bonds. The molecule has 1 atom stereocenters. The van der Waals surface area contributed by atoms with Crippen LogP contribution in [-0.4, -0.2) is 32.0 Å². The normalized spacial score (nSPS) is 14.0. The molecule has 0 heterocycles. The highest BCUT2D eigenvalue weighted by Gasteiger charge is 2.38. The first-order valence-electron chi connectivity index (χ1n) is 5.58. The van der Waals surface area contributed by atoms with Crippen LogP contribution in [-0.2, 0) is 23.8 Å². The van der Waals surface area contributed by atoms with Crippen LogP contribution in [0.3, 0.4) is 0 Å². The van der Waals surface area contributed by atoms with Crippen molar-refractivity contribution < 1.29 is 27.1 Å². The molecule has 1 aromatic rings. The van der Waals surface area contributed by atoms with Gasteiger partial charge in [0.1, 0.15) is 0 Å². The molecule has 0 fully saturated rings. The Balaban J connectivity index is 3.14. The van der Waals surface area contributed by atoms with Crippen LogP contribution in [0.1, 0.15) is 6.92 Å². The van der Waals surface area contributed by atoms with E-state index in [9.17, 15) is 23.3 Å². The summed E-state index contributed by atoms with van der Waals surface area (Å²) in [6.45, 7) is 4.51. The van der Waals surface area contributed by atoms with Crippen LogP contribution >= 0.6 is 0 Å². The number of ether oxygens (including phenoxy) is 1. The van der Waals surface area contributed by atoms with Gasteiger partial charge >= 0.3 is 5.97 Å². The molecule has 1 rings (SSSR count). The number of rotatable bonds is 6. The van der Waals surface area contributed by atoms with E-state index in [1.165, 1.54) is 6.92 Å². The van der Waals surface area contributed by atoms with Crippen LogP contribution in [0.15, 0.2) is 41.8 Å². The van der Waals surface area contributed by atoms with E-state index in [4.69, 9.17) is 4.18 Å². The minimum atomic E-state index is -4.32. The number of esters is 1. The van der Waals surface area contributed by atoms with Gasteiger partial charge in [0.25, 0.3) is 15.8 Å². The molecule has 1 aromatic carbocycles. The van der Waals surface area contributed by atoms with E-state index in [2.05, 4.69) is 11.3 Å². The quantitative estimate of drug-likeness (QED) is 0.256. The van der Waals surface area contributed by atoms with Gasteiger partial charge in [-0.1, -0.05) is 6.58 Å². The summed E-state index contributed by atoms with van der Waals surface area (Å²) in [5.74, 6) is -0.942. The number of carbonyl (C=O) groups is 1. The molecule has 0 aromatic heterocycles. The lowest BCUT2D eigenvalue weighted by molar-refractivity contribution is -0.384. The minimum absolute atomic E-state index is 0.270. The van der Waals surface area contributed by atoms with Crippen LogP contribution in [0, 0.1) is 10.1 Å². The summed E-state index contributed by atoms with van der Waals surface area (Å²) in [6.07, 6.45) is 0.988. The lowest BCUT2D eigenvalue weighted by Crippen LogP contribution is -2.39. The van der Waals surface area contributed by atoms with Gasteiger partial charge < -0.3 is 4.74 Å². The Morgan fingerprint density at radius 1 is 1.38 bits per heavy atom. The van der Waals surface area contributed by atoms with Crippen molar-refractivity contribution in [3.05, 3.63) is 47.0 Å². The second-order valence-electron chi connectivity index (χ2n) is 4.09. The number of hydrogen-bond acceptors (Lipinski definition) is 7. The van der Waals surface area contributed by atoms with E-state index in [-0.39, 0.29) is 10.6 Å². The predicted molar refractivity (Wildman–Crippen MR) is 72.0 cm³/mol. The Morgan fingerprint density at radius 3 is 2.29 bits per heavy atom. The fraction of sp³-hybridized carbons (Fsp3) is 0.250. The van der Waals surface area contributed by atoms with Crippen molar-refractivity contribution in [1.29, 1.82) is 0 Å². The van der Waals surface area contributed by atoms with Gasteiger partial charge in [-0.2, -0.15) is 8.42 Å². The molecule has 0 N–H and O–H groups in total. The van der Waals surface area contributed by atoms with Gasteiger partial charge in [0.2, 0.25) is 0 Å². The van der Waals surface area contributed by atoms with Gasteiger partial charge in [-0.15, -0.1) is 0 Å². The number of hydrogen-bond donors (Lipinski definition) is 0. The van der Waals surface area contributed by atoms with Gasteiger partial charge in [0.15, 0.2) is 5.60 Å². The molecule has 1 unspecified atom stereocenters. The molecule has 0 saturated heterocycles. The first kappa shape index (κ1) is 16.8. The molecule has 0 aliphatic heterocycles. The molecular formula is C12H13NO7S. The molecule has 0 radical (unpaired) electrons. The SMILES string of the molecule is C=CC(C)(OS(=O)(=O)c1ccc([N+](=O)[O-])cc1)C(=O)OC. The molecule has 114 valence electrons. The highest BCUT2D eigenvalue weighted by Crippen LogP contribution is 2.24. The van der Waals surface area contributed by atoms with E-state index < -0.39 is 26.6 Å². The molecule has 9 heteroatoms. The van der Waals surface area contributed by atoms with Crippen molar-refractivity contribution in [3.63, 3.8) is 0 Å². The average Bonchev–Trinajstić information content (AvgIpc) is 2.45. The van der Waals surface area contributed by atoms with E-state index >= 15 is 0 Å². The van der Waals surface area contributed by atoms with Crippen molar-refractivity contribution in [2.45, 2.75) is 17.4 Å². The van der Waals surface area contributed by atoms with Crippen molar-refractivity contribution in [1.82, 2.24) is 0 Å². The third-order valence-corrected chi connectivity index (χ3v) is 4.01. The van der Waals surface area contributed by atoms with Gasteiger partial charge in [-0.05, 0) is 25.1 Å². The highest BCUT2D eigenvalue weighted by atomic mass is 32.2. The number of carbonyl (C=O) groups excluding carboxylic acids is 1. The Kier molecular flexibility index (Phi) is 4.81. The summed E-state index contributed by atoms with van der Waals surface area (Å²) in [5, 5.41) is 10.5. The van der Waals surface area contributed by atoms with Crippen molar-refractivity contribution in [2.24, 2.45) is 0 Å². The zero-order valence-electron chi connectivity index (χ0n) is 11.3. The number of benzene rings is 1. The van der Waals surface area contributed by atoms with E-state index in [1.807, 2.05) is 0 Å². The van der Waals surface area contributed by atoms with Gasteiger partial charge in [-0.25, -0.2) is 8.98 Å². The number of nitro groups is 1. The zero-order valence-corrected chi connectivity index (χ0v) is 12.1. The molecule has 21 heavy (non-hydrogen) atoms. The maximum atomic E-state index is 12.1. The summed E-state index contributed by atoms with van der Waals surface area (Å²) in [7, 11) is -3.25. The maximum Gasteiger partial charge on any atom is 0.343 e. The molecule has 0 aliphatic rings. The van der Waals surface area contributed by atoms with E-state index in [0.29, 0.717) is 0 Å². The predicted octanol–water partition coefficient (Wildman–Crippen LogP) is 1.42. The third-order valence-electron chi connectivity index (χ3n) is 2.60. The lowest BCUT2D eigenvalue weighted by Gasteiger charge is -2.22. The van der Waals surface area contributed by atoms with E-state index in [0.717, 1.165) is 37.5 Å². The molecule has 0 bridgehead atoms. The van der Waals surface area contributed by atoms with Crippen molar-refractivity contribution in [3.8, 4) is 0 Å². The maximum absolute atomic E-state index is 12.1. The fourth-order valence-electron chi connectivity index (χ4n) is 1.36. The average molecular weight is 315 g/mol. The molecule has 0 aliphatic carbocycles. The standard InChI is InChI=1S/C12H13NO7S/c1-4-12(2,11(14)19-3)20-21(17,18)10-7-5-9(6-8-10)13(15)16/h4-8H,1H2,2-3H3. The van der Waals surface area contributed by atoms with Gasteiger partial charge in [-0.3, -0.25) is 10.1 Å². The molecule has 8 nitrogen and oxygen atoms in total. The van der Waals surface area contributed by atoms with Gasteiger partial charge in [0.05, 0.1) is 16.9 Å². The van der Waals surface area contributed by atoms with Crippen LogP contribution in [0.4, 0.5) is 5.69 Å². The van der Waals surface area contributed by atoms with Crippen LogP contribution in [0.5, 0.6) is 0 Å². The van der Waals surface area contributed by atoms with Gasteiger partial charge in [0, 0.05) is 12.1 Å². The topological polar surface area (TPSA) is 113 Å². The Labute approximate surface area is 121 Å². The smallest absolute Gasteiger partial charge is 0.343 e. The Bertz CT molecular complexity index is 665. The number of nitro benzene ring substituents is 1. The minimum Gasteiger partial charge on any atom is -0.467 e. The van der Waals surface area contributed by atoms with Crippen molar-refractivity contribution in [2.75, 3.05) is 7.11 Å².